The van der Waals surface area contributed by atoms with Gasteiger partial charge in [0.15, 0.2) is 34.7 Å². The predicted molar refractivity (Wildman–Crippen MR) is 151 cm³/mol. The Balaban J connectivity index is 1.63. The molecule has 1 amide bonds. The molecule has 0 aromatic heterocycles. The maximum Gasteiger partial charge on any atom is 0.235 e. The van der Waals surface area contributed by atoms with E-state index in [-0.39, 0.29) is 30.7 Å². The molecule has 43 heavy (non-hydrogen) atoms. The molecule has 5 rings (SSSR count). The third kappa shape index (κ3) is 4.64. The first-order chi connectivity index (χ1) is 20.4. The number of methoxy groups -OCH3 is 1. The maximum atomic E-state index is 14.0. The number of benzene rings is 2. The number of carbonyl (C=O) groups excluding carboxylic acids is 5. The van der Waals surface area contributed by atoms with Gasteiger partial charge in [0.1, 0.15) is 18.2 Å². The molecule has 2 aromatic carbocycles. The Kier molecular flexibility index (Phi) is 7.97. The molecule has 11 nitrogen and oxygen atoms in total. The quantitative estimate of drug-likeness (QED) is 0.250. The number of nitrogens with zero attached hydrogens (tertiary/aromatic N) is 1. The van der Waals surface area contributed by atoms with Crippen molar-refractivity contribution in [3.63, 3.8) is 0 Å². The van der Waals surface area contributed by atoms with Crippen molar-refractivity contribution < 1.29 is 43.3 Å². The van der Waals surface area contributed by atoms with Crippen LogP contribution < -0.4 is 15.8 Å². The second-order valence-electron chi connectivity index (χ2n) is 11.7. The van der Waals surface area contributed by atoms with Crippen molar-refractivity contribution in [1.82, 2.24) is 10.2 Å². The average Bonchev–Trinajstić information content (AvgIpc) is 2.95. The number of Topliss-reactive ketones (excluding diaryl/α,β-unsaturated/α-hetero) is 4. The topological polar surface area (TPSA) is 176 Å². The van der Waals surface area contributed by atoms with E-state index in [2.05, 4.69) is 5.32 Å². The summed E-state index contributed by atoms with van der Waals surface area (Å²) in [5.74, 6) is -10.6. The number of phenols is 1. The molecular weight excluding hydrogens is 561 g/mol. The smallest absolute Gasteiger partial charge is 0.235 e. The number of nitrogens with two attached hydrogens (primary N) is 1. The van der Waals surface area contributed by atoms with E-state index >= 15 is 0 Å². The Morgan fingerprint density at radius 3 is 2.49 bits per heavy atom. The van der Waals surface area contributed by atoms with Crippen molar-refractivity contribution in [2.45, 2.75) is 31.0 Å². The highest BCUT2D eigenvalue weighted by Gasteiger charge is 2.69. The summed E-state index contributed by atoms with van der Waals surface area (Å²) >= 11 is 0. The Morgan fingerprint density at radius 1 is 1.14 bits per heavy atom. The first-order valence-corrected chi connectivity index (χ1v) is 14.0. The van der Waals surface area contributed by atoms with Crippen LogP contribution in [0, 0.1) is 23.7 Å². The maximum absolute atomic E-state index is 14.0. The van der Waals surface area contributed by atoms with E-state index in [0.29, 0.717) is 29.0 Å². The highest BCUT2D eigenvalue weighted by molar-refractivity contribution is 6.32. The van der Waals surface area contributed by atoms with Crippen molar-refractivity contribution in [3.8, 4) is 22.6 Å². The standard InChI is InChI=1S/C31H34FN3O8/c1-35(2)25-19-12-15-11-18-16(17-10-14(13-34-9-8-32)4-7-21(17)43-3)5-6-20(36)23(18)26(37)22(15)28(39)31(19,42)29(40)24(27(25)38)30(33)41/h4-7,10,15,19,22,24-25,34,36,42H,8-9,11-13H2,1-3H3,(H2,33,41)/t15-,19-,22?,24?,25?,31-/m0/s1. The van der Waals surface area contributed by atoms with Gasteiger partial charge in [0.25, 0.3) is 0 Å². The molecule has 2 saturated carbocycles. The molecule has 6 atom stereocenters. The van der Waals surface area contributed by atoms with Crippen molar-refractivity contribution >= 4 is 29.0 Å². The summed E-state index contributed by atoms with van der Waals surface area (Å²) in [5.41, 5.74) is 4.95. The summed E-state index contributed by atoms with van der Waals surface area (Å²) in [6, 6.07) is 7.20. The minimum absolute atomic E-state index is 0.0523. The van der Waals surface area contributed by atoms with E-state index in [1.54, 1.807) is 12.1 Å². The Hall–Kier alpha value is -4.00. The third-order valence-corrected chi connectivity index (χ3v) is 9.10. The van der Waals surface area contributed by atoms with E-state index < -0.39 is 71.0 Å². The summed E-state index contributed by atoms with van der Waals surface area (Å²) in [6.07, 6.45) is 0.0619. The summed E-state index contributed by atoms with van der Waals surface area (Å²) in [4.78, 5) is 68.4. The van der Waals surface area contributed by atoms with Gasteiger partial charge in [-0.15, -0.1) is 0 Å². The molecule has 0 saturated heterocycles. The SMILES string of the molecule is COc1ccc(CNCCF)cc1-c1ccc(O)c2c1C[C@H]1C[C@H]3C(N(C)C)C(=O)C(C(N)=O)C(=O)[C@@]3(O)C(=O)C1C2=O. The van der Waals surface area contributed by atoms with Gasteiger partial charge in [-0.05, 0) is 67.7 Å². The number of aliphatic hydroxyl groups is 1. The molecular formula is C31H34FN3O8. The number of hydrogen-bond acceptors (Lipinski definition) is 10. The zero-order valence-electron chi connectivity index (χ0n) is 24.1. The van der Waals surface area contributed by atoms with Crippen LogP contribution in [-0.2, 0) is 32.1 Å². The minimum Gasteiger partial charge on any atom is -0.507 e. The van der Waals surface area contributed by atoms with Gasteiger partial charge < -0.3 is 26.0 Å². The minimum atomic E-state index is -2.78. The lowest BCUT2D eigenvalue weighted by Gasteiger charge is -2.52. The van der Waals surface area contributed by atoms with Crippen LogP contribution in [0.2, 0.25) is 0 Å². The fourth-order valence-electron chi connectivity index (χ4n) is 7.23. The molecule has 3 unspecified atom stereocenters. The number of halogens is 1. The van der Waals surface area contributed by atoms with Gasteiger partial charge >= 0.3 is 0 Å². The van der Waals surface area contributed by atoms with E-state index in [1.165, 1.54) is 32.2 Å². The van der Waals surface area contributed by atoms with Crippen molar-refractivity contribution in [2.75, 3.05) is 34.4 Å². The van der Waals surface area contributed by atoms with Crippen LogP contribution in [0.25, 0.3) is 11.1 Å². The zero-order valence-corrected chi connectivity index (χ0v) is 24.1. The predicted octanol–water partition coefficient (Wildman–Crippen LogP) is 0.602. The number of likely N-dealkylation sites (N-methyl/N-ethyl adjacent to an activating group) is 1. The van der Waals surface area contributed by atoms with Crippen LogP contribution in [0.3, 0.4) is 0 Å². The van der Waals surface area contributed by atoms with Gasteiger partial charge in [-0.25, -0.2) is 4.39 Å². The van der Waals surface area contributed by atoms with Crippen LogP contribution in [0.5, 0.6) is 11.5 Å². The molecule has 2 fully saturated rings. The molecule has 12 heteroatoms. The molecule has 0 heterocycles. The molecule has 0 spiro atoms. The third-order valence-electron chi connectivity index (χ3n) is 9.10. The Bertz CT molecular complexity index is 1540. The number of phenolic OH excluding ortho intramolecular Hbond substituents is 1. The van der Waals surface area contributed by atoms with Gasteiger partial charge in [-0.2, -0.15) is 0 Å². The number of primary amides is 1. The van der Waals surface area contributed by atoms with Gasteiger partial charge in [0.2, 0.25) is 5.91 Å². The number of amides is 1. The highest BCUT2D eigenvalue weighted by atomic mass is 19.1. The molecule has 228 valence electrons. The van der Waals surface area contributed by atoms with E-state index in [4.69, 9.17) is 10.5 Å². The molecule has 2 aromatic rings. The van der Waals surface area contributed by atoms with E-state index in [0.717, 1.165) is 5.56 Å². The molecule has 0 radical (unpaired) electrons. The van der Waals surface area contributed by atoms with Crippen molar-refractivity contribution in [2.24, 2.45) is 29.4 Å². The van der Waals surface area contributed by atoms with Crippen LogP contribution >= 0.6 is 0 Å². The normalized spacial score (nSPS) is 28.4. The number of aromatic hydroxyl groups is 1. The fraction of sp³-hybridized carbons (Fsp3) is 0.452. The lowest BCUT2D eigenvalue weighted by molar-refractivity contribution is -0.181. The van der Waals surface area contributed by atoms with Crippen LogP contribution in [0.15, 0.2) is 30.3 Å². The lowest BCUT2D eigenvalue weighted by Crippen LogP contribution is -2.74. The highest BCUT2D eigenvalue weighted by Crippen LogP contribution is 2.52. The number of nitrogens with one attached hydrogen (secondary N) is 1. The largest absolute Gasteiger partial charge is 0.507 e. The second kappa shape index (κ2) is 11.3. The van der Waals surface area contributed by atoms with E-state index in [1.807, 2.05) is 12.1 Å². The first kappa shape index (κ1) is 30.5. The van der Waals surface area contributed by atoms with Crippen LogP contribution in [-0.4, -0.2) is 90.2 Å². The van der Waals surface area contributed by atoms with Gasteiger partial charge in [0, 0.05) is 24.6 Å². The van der Waals surface area contributed by atoms with Crippen LogP contribution in [0.4, 0.5) is 4.39 Å². The fourth-order valence-corrected chi connectivity index (χ4v) is 7.23. The number of fused-ring (bicyclic) bond motifs is 3. The monoisotopic (exact) mass is 595 g/mol. The molecule has 0 aliphatic heterocycles. The number of ketones is 4. The zero-order chi connectivity index (χ0) is 31.4. The number of carbonyl (C=O) groups is 5. The number of alkyl halides is 1. The summed E-state index contributed by atoms with van der Waals surface area (Å²) in [7, 11) is 4.56. The molecule has 5 N–H and O–H groups in total. The molecule has 3 aliphatic rings. The number of hydrogen-bond donors (Lipinski definition) is 4. The number of ether oxygens (including phenoxy) is 1. The summed E-state index contributed by atoms with van der Waals surface area (Å²) < 4.78 is 18.2. The van der Waals surface area contributed by atoms with Crippen molar-refractivity contribution in [1.29, 1.82) is 0 Å². The number of rotatable bonds is 8. The van der Waals surface area contributed by atoms with Crippen molar-refractivity contribution in [3.05, 3.63) is 47.0 Å². The first-order valence-electron chi connectivity index (χ1n) is 14.0. The second-order valence-corrected chi connectivity index (χ2v) is 11.7. The van der Waals surface area contributed by atoms with E-state index in [9.17, 15) is 38.6 Å². The molecule has 3 aliphatic carbocycles. The van der Waals surface area contributed by atoms with Gasteiger partial charge in [-0.3, -0.25) is 28.9 Å². The summed E-state index contributed by atoms with van der Waals surface area (Å²) in [5, 5.41) is 25.6. The average molecular weight is 596 g/mol. The van der Waals surface area contributed by atoms with Crippen LogP contribution in [0.1, 0.15) is 27.9 Å². The summed E-state index contributed by atoms with van der Waals surface area (Å²) in [6.45, 7) is 0.0249. The Labute approximate surface area is 247 Å². The lowest BCUT2D eigenvalue weighted by atomic mass is 9.52. The Morgan fingerprint density at radius 2 is 1.86 bits per heavy atom. The van der Waals surface area contributed by atoms with Gasteiger partial charge in [-0.1, -0.05) is 12.1 Å². The molecule has 0 bridgehead atoms. The van der Waals surface area contributed by atoms with Gasteiger partial charge in [0.05, 0.1) is 24.6 Å².